The molecule has 1 unspecified atom stereocenters. The first-order valence-corrected chi connectivity index (χ1v) is 15.7. The molecule has 2 saturated heterocycles. The lowest BCUT2D eigenvalue weighted by molar-refractivity contribution is 0.0738. The number of nitrogen functional groups attached to an aromatic ring is 1. The summed E-state index contributed by atoms with van der Waals surface area (Å²) in [4.78, 5) is 18.4. The zero-order valence-electron chi connectivity index (χ0n) is 24.6. The SMILES string of the molecule is CN(C)C1(CNc2nc(OCC34CCCN3C[C@H](F)C4)nc3cc(-c4cc(F)c(F)c5sc(N)c(C#N)c45)ncc23)CCC1. The Bertz CT molecular complexity index is 1820. The Hall–Kier alpha value is -3.73. The van der Waals surface area contributed by atoms with Crippen molar-refractivity contribution in [1.82, 2.24) is 24.8 Å². The average molecular weight is 623 g/mol. The van der Waals surface area contributed by atoms with Gasteiger partial charge in [0.1, 0.15) is 29.7 Å². The molecule has 7 rings (SSSR count). The van der Waals surface area contributed by atoms with Crippen LogP contribution in [0.1, 0.15) is 44.1 Å². The van der Waals surface area contributed by atoms with E-state index in [2.05, 4.69) is 34.2 Å². The number of fused-ring (bicyclic) bond motifs is 3. The largest absolute Gasteiger partial charge is 0.461 e. The number of aromatic nitrogens is 3. The van der Waals surface area contributed by atoms with Crippen LogP contribution in [0.25, 0.3) is 32.2 Å². The summed E-state index contributed by atoms with van der Waals surface area (Å²) in [6.07, 6.45) is 6.23. The number of pyridine rings is 1. The molecule has 3 aromatic heterocycles. The fourth-order valence-electron chi connectivity index (χ4n) is 7.16. The average Bonchev–Trinajstić information content (AvgIpc) is 3.61. The number of halogens is 3. The molecule has 230 valence electrons. The molecule has 0 amide bonds. The van der Waals surface area contributed by atoms with Crippen LogP contribution in [0.4, 0.5) is 24.0 Å². The quantitative estimate of drug-likeness (QED) is 0.263. The molecular formula is C31H33F3N8OS. The number of nitrogens with two attached hydrogens (primary N) is 1. The highest BCUT2D eigenvalue weighted by Gasteiger charge is 2.49. The van der Waals surface area contributed by atoms with Crippen molar-refractivity contribution < 1.29 is 17.9 Å². The normalized spacial score (nSPS) is 22.8. The van der Waals surface area contributed by atoms with E-state index in [-0.39, 0.29) is 49.9 Å². The zero-order valence-corrected chi connectivity index (χ0v) is 25.4. The number of nitrogens with one attached hydrogen (secondary N) is 1. The third-order valence-electron chi connectivity index (χ3n) is 9.88. The van der Waals surface area contributed by atoms with Crippen LogP contribution in [0.2, 0.25) is 0 Å². The lowest BCUT2D eigenvalue weighted by atomic mass is 9.75. The summed E-state index contributed by atoms with van der Waals surface area (Å²) in [5.41, 5.74) is 6.72. The van der Waals surface area contributed by atoms with Gasteiger partial charge in [-0.2, -0.15) is 15.2 Å². The number of rotatable bonds is 8. The molecule has 13 heteroatoms. The molecule has 5 heterocycles. The third kappa shape index (κ3) is 4.62. The molecule has 0 spiro atoms. The van der Waals surface area contributed by atoms with E-state index >= 15 is 0 Å². The van der Waals surface area contributed by atoms with Crippen molar-refractivity contribution in [3.8, 4) is 23.3 Å². The lowest BCUT2D eigenvalue weighted by Gasteiger charge is -2.47. The number of likely N-dealkylation sites (N-methyl/N-ethyl adjacent to an activating group) is 1. The number of hydrogen-bond donors (Lipinski definition) is 2. The Kier molecular flexibility index (Phi) is 7.06. The number of thiophene rings is 1. The minimum Gasteiger partial charge on any atom is -0.461 e. The van der Waals surface area contributed by atoms with Crippen molar-refractivity contribution in [1.29, 1.82) is 5.26 Å². The molecule has 2 atom stereocenters. The van der Waals surface area contributed by atoms with Crippen LogP contribution in [-0.4, -0.2) is 82.3 Å². The molecule has 0 radical (unpaired) electrons. The summed E-state index contributed by atoms with van der Waals surface area (Å²) >= 11 is 0.828. The van der Waals surface area contributed by atoms with Crippen molar-refractivity contribution >= 4 is 43.1 Å². The van der Waals surface area contributed by atoms with Crippen molar-refractivity contribution in [2.24, 2.45) is 0 Å². The zero-order chi connectivity index (χ0) is 30.8. The first-order chi connectivity index (χ1) is 21.1. The fourth-order valence-corrected chi connectivity index (χ4v) is 8.13. The summed E-state index contributed by atoms with van der Waals surface area (Å²) in [5.74, 6) is -1.58. The first kappa shape index (κ1) is 29.0. The van der Waals surface area contributed by atoms with Gasteiger partial charge in [-0.15, -0.1) is 11.3 Å². The summed E-state index contributed by atoms with van der Waals surface area (Å²) in [5, 5.41) is 14.2. The van der Waals surface area contributed by atoms with E-state index in [9.17, 15) is 18.4 Å². The summed E-state index contributed by atoms with van der Waals surface area (Å²) in [7, 11) is 4.14. The van der Waals surface area contributed by atoms with Gasteiger partial charge in [-0.3, -0.25) is 9.88 Å². The molecule has 9 nitrogen and oxygen atoms in total. The topological polar surface area (TPSA) is 116 Å². The Morgan fingerprint density at radius 1 is 1.23 bits per heavy atom. The number of nitriles is 1. The van der Waals surface area contributed by atoms with E-state index in [1.54, 1.807) is 12.3 Å². The summed E-state index contributed by atoms with van der Waals surface area (Å²) in [6, 6.07) is 4.86. The van der Waals surface area contributed by atoms with E-state index in [0.29, 0.717) is 41.9 Å². The molecule has 1 aliphatic carbocycles. The van der Waals surface area contributed by atoms with Gasteiger partial charge in [0.15, 0.2) is 11.6 Å². The maximum atomic E-state index is 14.8. The number of alkyl halides is 1. The summed E-state index contributed by atoms with van der Waals surface area (Å²) in [6.45, 7) is 2.17. The number of ether oxygens (including phenoxy) is 1. The van der Waals surface area contributed by atoms with Gasteiger partial charge >= 0.3 is 6.01 Å². The molecule has 3 aliphatic rings. The van der Waals surface area contributed by atoms with E-state index < -0.39 is 17.8 Å². The first-order valence-electron chi connectivity index (χ1n) is 14.8. The van der Waals surface area contributed by atoms with Crippen molar-refractivity contribution in [3.63, 3.8) is 0 Å². The van der Waals surface area contributed by atoms with Gasteiger partial charge in [-0.25, -0.2) is 13.2 Å². The van der Waals surface area contributed by atoms with Crippen LogP contribution >= 0.6 is 11.3 Å². The standard InChI is InChI=1S/C31H33F3N8OS/c1-41(2)30(5-3-6-30)15-38-28-20-13-37-22(18-9-21(33)25(34)26-24(18)19(12-35)27(36)44-26)10-23(20)39-29(40-28)43-16-31-7-4-8-42(31)14-17(32)11-31/h9-10,13,17H,3-8,11,14-16,36H2,1-2H3,(H,38,39,40)/t17-,31?/m1/s1. The van der Waals surface area contributed by atoms with E-state index in [0.717, 1.165) is 56.1 Å². The highest BCUT2D eigenvalue weighted by molar-refractivity contribution is 7.23. The van der Waals surface area contributed by atoms with E-state index in [4.69, 9.17) is 20.4 Å². The lowest BCUT2D eigenvalue weighted by Crippen LogP contribution is -2.54. The second kappa shape index (κ2) is 10.7. The van der Waals surface area contributed by atoms with Gasteiger partial charge in [-0.05, 0) is 64.9 Å². The smallest absolute Gasteiger partial charge is 0.319 e. The minimum atomic E-state index is -1.06. The minimum absolute atomic E-state index is 0.00121. The van der Waals surface area contributed by atoms with Gasteiger partial charge in [0.05, 0.1) is 32.4 Å². The maximum Gasteiger partial charge on any atom is 0.319 e. The number of nitrogens with zero attached hydrogens (tertiary/aromatic N) is 6. The molecule has 4 aromatic rings. The van der Waals surface area contributed by atoms with Crippen LogP contribution in [0, 0.1) is 23.0 Å². The van der Waals surface area contributed by atoms with Gasteiger partial charge < -0.3 is 20.7 Å². The van der Waals surface area contributed by atoms with Crippen LogP contribution in [0.3, 0.4) is 0 Å². The Morgan fingerprint density at radius 3 is 2.77 bits per heavy atom. The summed E-state index contributed by atoms with van der Waals surface area (Å²) < 4.78 is 50.1. The number of hydrogen-bond acceptors (Lipinski definition) is 10. The molecule has 1 aromatic carbocycles. The molecule has 1 saturated carbocycles. The second-order valence-electron chi connectivity index (χ2n) is 12.5. The van der Waals surface area contributed by atoms with E-state index in [1.165, 1.54) is 0 Å². The van der Waals surface area contributed by atoms with Gasteiger partial charge in [0.2, 0.25) is 0 Å². The predicted molar refractivity (Wildman–Crippen MR) is 165 cm³/mol. The monoisotopic (exact) mass is 622 g/mol. The van der Waals surface area contributed by atoms with Gasteiger partial charge in [0.25, 0.3) is 0 Å². The second-order valence-corrected chi connectivity index (χ2v) is 13.6. The maximum absolute atomic E-state index is 14.8. The molecule has 3 fully saturated rings. The number of anilines is 2. The molecule has 0 bridgehead atoms. The predicted octanol–water partition coefficient (Wildman–Crippen LogP) is 5.49. The Balaban J connectivity index is 1.31. The third-order valence-corrected chi connectivity index (χ3v) is 10.9. The van der Waals surface area contributed by atoms with Gasteiger partial charge in [-0.1, -0.05) is 0 Å². The van der Waals surface area contributed by atoms with Crippen molar-refractivity contribution in [3.05, 3.63) is 35.5 Å². The van der Waals surface area contributed by atoms with Crippen LogP contribution in [0.15, 0.2) is 18.3 Å². The molecular weight excluding hydrogens is 589 g/mol. The highest BCUT2D eigenvalue weighted by Crippen LogP contribution is 2.43. The Labute approximate surface area is 256 Å². The number of benzene rings is 1. The molecule has 3 N–H and O–H groups in total. The van der Waals surface area contributed by atoms with Crippen LogP contribution in [-0.2, 0) is 0 Å². The van der Waals surface area contributed by atoms with Crippen molar-refractivity contribution in [2.45, 2.75) is 55.8 Å². The van der Waals surface area contributed by atoms with E-state index in [1.807, 2.05) is 6.07 Å². The highest BCUT2D eigenvalue weighted by atomic mass is 32.1. The molecule has 44 heavy (non-hydrogen) atoms. The van der Waals surface area contributed by atoms with Crippen LogP contribution < -0.4 is 15.8 Å². The molecule has 2 aliphatic heterocycles. The van der Waals surface area contributed by atoms with Crippen molar-refractivity contribution in [2.75, 3.05) is 51.4 Å². The van der Waals surface area contributed by atoms with Gasteiger partial charge in [0, 0.05) is 42.2 Å². The van der Waals surface area contributed by atoms with Crippen LogP contribution in [0.5, 0.6) is 6.01 Å². The Morgan fingerprint density at radius 2 is 2.05 bits per heavy atom. The fraction of sp³-hybridized carbons (Fsp3) is 0.484.